The molecule has 0 saturated heterocycles. The number of hydrogen-bond donors (Lipinski definition) is 1. The summed E-state index contributed by atoms with van der Waals surface area (Å²) in [5.41, 5.74) is -0.186. The Morgan fingerprint density at radius 1 is 1.08 bits per heavy atom. The van der Waals surface area contributed by atoms with Crippen LogP contribution in [0.3, 0.4) is 0 Å². The average molecular weight is 371 g/mol. The summed E-state index contributed by atoms with van der Waals surface area (Å²) in [6.07, 6.45) is 2.76. The van der Waals surface area contributed by atoms with Crippen molar-refractivity contribution in [3.63, 3.8) is 0 Å². The molecular formula is C19H15ClN2O4. The van der Waals surface area contributed by atoms with Gasteiger partial charge in [-0.25, -0.2) is 0 Å². The van der Waals surface area contributed by atoms with Gasteiger partial charge in [0.2, 0.25) is 0 Å². The van der Waals surface area contributed by atoms with Gasteiger partial charge >= 0.3 is 0 Å². The number of pyridine rings is 1. The fourth-order valence-electron chi connectivity index (χ4n) is 2.49. The number of halogens is 1. The van der Waals surface area contributed by atoms with Gasteiger partial charge in [-0.3, -0.25) is 19.0 Å². The maximum Gasteiger partial charge on any atom is 0.251 e. The highest BCUT2D eigenvalue weighted by molar-refractivity contribution is 6.30. The first-order valence-corrected chi connectivity index (χ1v) is 8.21. The summed E-state index contributed by atoms with van der Waals surface area (Å²) < 4.78 is 6.20. The van der Waals surface area contributed by atoms with Gasteiger partial charge in [-0.1, -0.05) is 41.9 Å². The third-order valence-electron chi connectivity index (χ3n) is 3.75. The second-order valence-electron chi connectivity index (χ2n) is 5.52. The predicted octanol–water partition coefficient (Wildman–Crippen LogP) is 2.84. The summed E-state index contributed by atoms with van der Waals surface area (Å²) in [4.78, 5) is 37.9. The van der Waals surface area contributed by atoms with Crippen molar-refractivity contribution < 1.29 is 14.0 Å². The van der Waals surface area contributed by atoms with Gasteiger partial charge in [0.1, 0.15) is 5.76 Å². The molecule has 6 nitrogen and oxygen atoms in total. The zero-order valence-electron chi connectivity index (χ0n) is 13.6. The lowest BCUT2D eigenvalue weighted by Crippen LogP contribution is -2.41. The van der Waals surface area contributed by atoms with E-state index in [4.69, 9.17) is 16.0 Å². The van der Waals surface area contributed by atoms with Gasteiger partial charge in [-0.2, -0.15) is 0 Å². The molecule has 2 heterocycles. The zero-order valence-corrected chi connectivity index (χ0v) is 14.3. The number of hydrogen-bond acceptors (Lipinski definition) is 4. The van der Waals surface area contributed by atoms with Gasteiger partial charge < -0.3 is 9.73 Å². The minimum absolute atomic E-state index is 0.0969. The summed E-state index contributed by atoms with van der Waals surface area (Å²) in [6.45, 7) is 0.0969. The summed E-state index contributed by atoms with van der Waals surface area (Å²) in [7, 11) is 0. The fourth-order valence-corrected chi connectivity index (χ4v) is 2.66. The normalized spacial score (nSPS) is 11.7. The number of ketones is 1. The molecule has 0 fully saturated rings. The minimum atomic E-state index is -1.38. The third kappa shape index (κ3) is 3.92. The van der Waals surface area contributed by atoms with Crippen LogP contribution in [-0.2, 0) is 11.3 Å². The number of furan rings is 1. The number of nitrogens with one attached hydrogen (secondary N) is 1. The maximum absolute atomic E-state index is 12.9. The molecule has 3 aromatic rings. The molecule has 26 heavy (non-hydrogen) atoms. The Morgan fingerprint density at radius 2 is 1.85 bits per heavy atom. The lowest BCUT2D eigenvalue weighted by Gasteiger charge is -2.18. The van der Waals surface area contributed by atoms with E-state index in [1.54, 1.807) is 42.5 Å². The highest BCUT2D eigenvalue weighted by Gasteiger charge is 2.30. The fraction of sp³-hybridized carbons (Fsp3) is 0.105. The van der Waals surface area contributed by atoms with E-state index < -0.39 is 23.3 Å². The molecule has 0 aliphatic carbocycles. The topological polar surface area (TPSA) is 81.3 Å². The van der Waals surface area contributed by atoms with E-state index in [0.717, 1.165) is 4.57 Å². The summed E-state index contributed by atoms with van der Waals surface area (Å²) in [5, 5.41) is 2.87. The van der Waals surface area contributed by atoms with E-state index >= 15 is 0 Å². The lowest BCUT2D eigenvalue weighted by atomic mass is 10.0. The monoisotopic (exact) mass is 370 g/mol. The van der Waals surface area contributed by atoms with Crippen LogP contribution in [0.4, 0.5) is 0 Å². The van der Waals surface area contributed by atoms with Gasteiger partial charge in [-0.05, 0) is 18.2 Å². The molecule has 0 saturated carbocycles. The van der Waals surface area contributed by atoms with Crippen LogP contribution in [0.15, 0.2) is 76.3 Å². The number of carbonyl (C=O) groups is 2. The lowest BCUT2D eigenvalue weighted by molar-refractivity contribution is -0.123. The molecule has 1 atom stereocenters. The van der Waals surface area contributed by atoms with Crippen molar-refractivity contribution >= 4 is 23.3 Å². The van der Waals surface area contributed by atoms with Crippen LogP contribution < -0.4 is 10.9 Å². The molecule has 7 heteroatoms. The average Bonchev–Trinajstić information content (AvgIpc) is 3.17. The van der Waals surface area contributed by atoms with Crippen LogP contribution >= 0.6 is 11.6 Å². The number of Topliss-reactive ketones (excluding diaryl/α,β-unsaturated/α-hetero) is 1. The van der Waals surface area contributed by atoms with Crippen LogP contribution in [0.2, 0.25) is 5.02 Å². The van der Waals surface area contributed by atoms with Crippen molar-refractivity contribution in [3.05, 3.63) is 93.8 Å². The number of benzene rings is 1. The van der Waals surface area contributed by atoms with Crippen molar-refractivity contribution in [1.29, 1.82) is 0 Å². The van der Waals surface area contributed by atoms with E-state index in [-0.39, 0.29) is 11.6 Å². The van der Waals surface area contributed by atoms with Crippen LogP contribution in [0, 0.1) is 0 Å². The summed E-state index contributed by atoms with van der Waals surface area (Å²) >= 11 is 5.96. The molecule has 0 unspecified atom stereocenters. The Bertz CT molecular complexity index is 965. The molecule has 3 rings (SSSR count). The highest BCUT2D eigenvalue weighted by atomic mass is 35.5. The Kier molecular flexibility index (Phi) is 5.34. The molecule has 2 aromatic heterocycles. The van der Waals surface area contributed by atoms with Crippen molar-refractivity contribution in [2.75, 3.05) is 0 Å². The molecule has 0 radical (unpaired) electrons. The Hall–Kier alpha value is -3.12. The molecule has 0 aliphatic heterocycles. The van der Waals surface area contributed by atoms with Crippen LogP contribution in [-0.4, -0.2) is 16.3 Å². The van der Waals surface area contributed by atoms with Gasteiger partial charge in [0, 0.05) is 17.8 Å². The SMILES string of the molecule is O=C(NCc1ccco1)[C@@H](C(=O)c1ccccc1)n1cc(Cl)ccc1=O. The molecule has 0 spiro atoms. The number of nitrogens with zero attached hydrogens (tertiary/aromatic N) is 1. The standard InChI is InChI=1S/C19H15ClN2O4/c20-14-8-9-16(23)22(12-14)17(18(24)13-5-2-1-3-6-13)19(25)21-11-15-7-4-10-26-15/h1-10,12,17H,11H2,(H,21,25)/t17-/m1/s1. The quantitative estimate of drug-likeness (QED) is 0.534. The number of rotatable bonds is 6. The molecule has 0 aliphatic rings. The smallest absolute Gasteiger partial charge is 0.251 e. The van der Waals surface area contributed by atoms with Crippen LogP contribution in [0.1, 0.15) is 22.2 Å². The van der Waals surface area contributed by atoms with Crippen molar-refractivity contribution in [3.8, 4) is 0 Å². The third-order valence-corrected chi connectivity index (χ3v) is 3.98. The van der Waals surface area contributed by atoms with E-state index in [1.807, 2.05) is 0 Å². The number of aromatic nitrogens is 1. The second-order valence-corrected chi connectivity index (χ2v) is 5.96. The van der Waals surface area contributed by atoms with E-state index in [2.05, 4.69) is 5.32 Å². The van der Waals surface area contributed by atoms with E-state index in [0.29, 0.717) is 11.3 Å². The van der Waals surface area contributed by atoms with Gasteiger partial charge in [0.05, 0.1) is 17.8 Å². The van der Waals surface area contributed by atoms with Gasteiger partial charge in [0.15, 0.2) is 11.8 Å². The minimum Gasteiger partial charge on any atom is -0.467 e. The van der Waals surface area contributed by atoms with Gasteiger partial charge in [-0.15, -0.1) is 0 Å². The van der Waals surface area contributed by atoms with Crippen LogP contribution in [0.5, 0.6) is 0 Å². The van der Waals surface area contributed by atoms with Crippen LogP contribution in [0.25, 0.3) is 0 Å². The largest absolute Gasteiger partial charge is 0.467 e. The van der Waals surface area contributed by atoms with Gasteiger partial charge in [0.25, 0.3) is 11.5 Å². The van der Waals surface area contributed by atoms with Crippen molar-refractivity contribution in [2.24, 2.45) is 0 Å². The molecule has 1 amide bonds. The predicted molar refractivity (Wildman–Crippen MR) is 96.1 cm³/mol. The summed E-state index contributed by atoms with van der Waals surface area (Å²) in [6, 6.07) is 12.9. The molecule has 1 aromatic carbocycles. The molecule has 0 bridgehead atoms. The molecular weight excluding hydrogens is 356 g/mol. The molecule has 1 N–H and O–H groups in total. The Morgan fingerprint density at radius 3 is 2.54 bits per heavy atom. The number of amides is 1. The first-order chi connectivity index (χ1) is 12.6. The Balaban J connectivity index is 1.95. The zero-order chi connectivity index (χ0) is 18.5. The van der Waals surface area contributed by atoms with E-state index in [9.17, 15) is 14.4 Å². The van der Waals surface area contributed by atoms with Crippen molar-refractivity contribution in [2.45, 2.75) is 12.6 Å². The van der Waals surface area contributed by atoms with E-state index in [1.165, 1.54) is 24.6 Å². The highest BCUT2D eigenvalue weighted by Crippen LogP contribution is 2.16. The first-order valence-electron chi connectivity index (χ1n) is 7.83. The maximum atomic E-state index is 12.9. The van der Waals surface area contributed by atoms with Crippen molar-refractivity contribution in [1.82, 2.24) is 9.88 Å². The second kappa shape index (κ2) is 7.84. The summed E-state index contributed by atoms with van der Waals surface area (Å²) in [5.74, 6) is -0.603. The molecule has 132 valence electrons. The first kappa shape index (κ1) is 17.7. The number of carbonyl (C=O) groups excluding carboxylic acids is 2. The Labute approximate surface area is 154 Å².